The maximum absolute atomic E-state index is 3.52. The third-order valence-electron chi connectivity index (χ3n) is 6.56. The van der Waals surface area contributed by atoms with Crippen LogP contribution in [0.4, 0.5) is 0 Å². The molecule has 1 saturated carbocycles. The van der Waals surface area contributed by atoms with Crippen LogP contribution in [0.3, 0.4) is 0 Å². The second kappa shape index (κ2) is 5.67. The lowest BCUT2D eigenvalue weighted by atomic mass is 9.77. The van der Waals surface area contributed by atoms with E-state index in [9.17, 15) is 0 Å². The standard InChI is InChI=1S/C18H32N2Si/c1-13-6-7-14(2)18-16(12-15(3)17(13)18)21(4,5)20-10-8-19-9-11-20/h6-7,15-19H,8-12H2,1-5H3/t15-,16?,17?,18?/m0/s1. The molecule has 0 aromatic carbocycles. The zero-order chi connectivity index (χ0) is 15.2. The van der Waals surface area contributed by atoms with Crippen molar-refractivity contribution in [2.24, 2.45) is 17.8 Å². The van der Waals surface area contributed by atoms with Crippen molar-refractivity contribution in [3.8, 4) is 0 Å². The van der Waals surface area contributed by atoms with E-state index in [-0.39, 0.29) is 0 Å². The topological polar surface area (TPSA) is 15.3 Å². The van der Waals surface area contributed by atoms with E-state index in [1.165, 1.54) is 32.6 Å². The Hall–Kier alpha value is -0.383. The van der Waals surface area contributed by atoms with Crippen molar-refractivity contribution >= 4 is 8.24 Å². The Morgan fingerprint density at radius 1 is 1.05 bits per heavy atom. The van der Waals surface area contributed by atoms with E-state index >= 15 is 0 Å². The molecule has 21 heavy (non-hydrogen) atoms. The van der Waals surface area contributed by atoms with Gasteiger partial charge in [-0.05, 0) is 43.6 Å². The molecule has 1 heterocycles. The summed E-state index contributed by atoms with van der Waals surface area (Å²) in [7, 11) is -1.37. The minimum Gasteiger partial charge on any atom is -0.321 e. The Balaban J connectivity index is 1.88. The molecule has 0 aromatic rings. The molecule has 1 N–H and O–H groups in total. The number of nitrogens with zero attached hydrogens (tertiary/aromatic N) is 1. The van der Waals surface area contributed by atoms with Gasteiger partial charge < -0.3 is 9.88 Å². The number of rotatable bonds is 2. The molecule has 4 atom stereocenters. The Kier molecular flexibility index (Phi) is 4.19. The molecule has 3 unspecified atom stereocenters. The number of allylic oxidation sites excluding steroid dienone is 4. The first-order valence-corrected chi connectivity index (χ1v) is 11.8. The average Bonchev–Trinajstić information content (AvgIpc) is 2.84. The number of nitrogens with one attached hydrogen (secondary N) is 1. The van der Waals surface area contributed by atoms with Gasteiger partial charge in [0.2, 0.25) is 0 Å². The number of hydrogen-bond donors (Lipinski definition) is 1. The molecule has 3 heteroatoms. The molecular weight excluding hydrogens is 272 g/mol. The Labute approximate surface area is 131 Å². The van der Waals surface area contributed by atoms with Crippen LogP contribution in [0, 0.1) is 17.8 Å². The van der Waals surface area contributed by atoms with Crippen molar-refractivity contribution in [1.29, 1.82) is 0 Å². The predicted octanol–water partition coefficient (Wildman–Crippen LogP) is 3.65. The maximum Gasteiger partial charge on any atom is 0.126 e. The third-order valence-corrected chi connectivity index (χ3v) is 11.0. The summed E-state index contributed by atoms with van der Waals surface area (Å²) >= 11 is 0. The summed E-state index contributed by atoms with van der Waals surface area (Å²) in [4.78, 5) is 0. The second-order valence-corrected chi connectivity index (χ2v) is 12.8. The van der Waals surface area contributed by atoms with Gasteiger partial charge in [-0.15, -0.1) is 0 Å². The molecule has 0 amide bonds. The minimum absolute atomic E-state index is 0.815. The van der Waals surface area contributed by atoms with Gasteiger partial charge in [0.15, 0.2) is 0 Å². The third kappa shape index (κ3) is 2.58. The molecule has 1 aliphatic heterocycles. The van der Waals surface area contributed by atoms with E-state index < -0.39 is 8.24 Å². The van der Waals surface area contributed by atoms with Crippen LogP contribution in [-0.2, 0) is 0 Å². The van der Waals surface area contributed by atoms with Gasteiger partial charge in [0.25, 0.3) is 0 Å². The molecule has 3 aliphatic rings. The quantitative estimate of drug-likeness (QED) is 0.784. The normalized spacial score (nSPS) is 38.0. The van der Waals surface area contributed by atoms with Gasteiger partial charge in [-0.1, -0.05) is 43.3 Å². The fourth-order valence-electron chi connectivity index (χ4n) is 5.32. The molecule has 0 spiro atoms. The summed E-state index contributed by atoms with van der Waals surface area (Å²) in [5, 5.41) is 3.52. The zero-order valence-corrected chi connectivity index (χ0v) is 15.4. The highest BCUT2D eigenvalue weighted by atomic mass is 28.3. The Morgan fingerprint density at radius 2 is 1.62 bits per heavy atom. The van der Waals surface area contributed by atoms with E-state index in [1.807, 2.05) is 0 Å². The summed E-state index contributed by atoms with van der Waals surface area (Å²) < 4.78 is 2.88. The molecule has 0 radical (unpaired) electrons. The van der Waals surface area contributed by atoms with Crippen LogP contribution < -0.4 is 5.32 Å². The molecule has 2 nitrogen and oxygen atoms in total. The Bertz CT molecular complexity index is 460. The van der Waals surface area contributed by atoms with E-state index in [1.54, 1.807) is 11.1 Å². The molecule has 2 fully saturated rings. The van der Waals surface area contributed by atoms with Gasteiger partial charge in [-0.25, -0.2) is 0 Å². The monoisotopic (exact) mass is 304 g/mol. The van der Waals surface area contributed by atoms with Crippen molar-refractivity contribution in [2.75, 3.05) is 26.2 Å². The summed E-state index contributed by atoms with van der Waals surface area (Å²) in [5.41, 5.74) is 4.21. The first kappa shape index (κ1) is 15.5. The highest BCUT2D eigenvalue weighted by Gasteiger charge is 2.52. The van der Waals surface area contributed by atoms with E-state index in [2.05, 4.69) is 55.9 Å². The lowest BCUT2D eigenvalue weighted by Crippen LogP contribution is -2.59. The van der Waals surface area contributed by atoms with E-state index in [0.717, 1.165) is 23.3 Å². The molecular formula is C18H32N2Si. The van der Waals surface area contributed by atoms with Crippen LogP contribution in [0.5, 0.6) is 0 Å². The number of hydrogen-bond acceptors (Lipinski definition) is 2. The van der Waals surface area contributed by atoms with Crippen molar-refractivity contribution in [3.63, 3.8) is 0 Å². The second-order valence-electron chi connectivity index (χ2n) is 8.08. The first-order chi connectivity index (χ1) is 9.93. The molecule has 0 aromatic heterocycles. The predicted molar refractivity (Wildman–Crippen MR) is 93.9 cm³/mol. The largest absolute Gasteiger partial charge is 0.321 e. The van der Waals surface area contributed by atoms with Crippen molar-refractivity contribution in [3.05, 3.63) is 23.3 Å². The summed E-state index contributed by atoms with van der Waals surface area (Å²) in [6.45, 7) is 17.4. The molecule has 0 bridgehead atoms. The molecule has 1 saturated heterocycles. The van der Waals surface area contributed by atoms with Crippen molar-refractivity contribution < 1.29 is 0 Å². The highest BCUT2D eigenvalue weighted by molar-refractivity contribution is 6.76. The minimum atomic E-state index is -1.37. The Morgan fingerprint density at radius 3 is 2.24 bits per heavy atom. The fourth-order valence-corrected chi connectivity index (χ4v) is 9.46. The van der Waals surface area contributed by atoms with Gasteiger partial charge in [0, 0.05) is 26.2 Å². The van der Waals surface area contributed by atoms with Crippen LogP contribution in [-0.4, -0.2) is 39.0 Å². The van der Waals surface area contributed by atoms with Crippen LogP contribution in [0.25, 0.3) is 0 Å². The van der Waals surface area contributed by atoms with Crippen LogP contribution in [0.2, 0.25) is 18.6 Å². The van der Waals surface area contributed by atoms with E-state index in [0.29, 0.717) is 0 Å². The summed E-state index contributed by atoms with van der Waals surface area (Å²) in [5.74, 6) is 2.49. The number of piperazine rings is 1. The maximum atomic E-state index is 3.52. The van der Waals surface area contributed by atoms with Crippen molar-refractivity contribution in [1.82, 2.24) is 9.88 Å². The zero-order valence-electron chi connectivity index (χ0n) is 14.4. The lowest BCUT2D eigenvalue weighted by Gasteiger charge is -2.46. The van der Waals surface area contributed by atoms with Crippen molar-refractivity contribution in [2.45, 2.75) is 45.8 Å². The smallest absolute Gasteiger partial charge is 0.126 e. The van der Waals surface area contributed by atoms with Gasteiger partial charge in [-0.2, -0.15) is 0 Å². The first-order valence-electron chi connectivity index (χ1n) is 8.73. The highest BCUT2D eigenvalue weighted by Crippen LogP contribution is 2.56. The summed E-state index contributed by atoms with van der Waals surface area (Å²) in [6.07, 6.45) is 6.23. The van der Waals surface area contributed by atoms with Gasteiger partial charge in [-0.3, -0.25) is 0 Å². The van der Waals surface area contributed by atoms with Gasteiger partial charge in [0.05, 0.1) is 0 Å². The van der Waals surface area contributed by atoms with Gasteiger partial charge in [0.1, 0.15) is 8.24 Å². The van der Waals surface area contributed by atoms with Crippen LogP contribution in [0.15, 0.2) is 23.3 Å². The molecule has 3 rings (SSSR count). The van der Waals surface area contributed by atoms with Crippen LogP contribution >= 0.6 is 0 Å². The molecule has 118 valence electrons. The van der Waals surface area contributed by atoms with E-state index in [4.69, 9.17) is 0 Å². The SMILES string of the molecule is CC1=CC=C(C)C2C1C([Si](C)(C)N1CCNCC1)C[C@@H]2C. The van der Waals surface area contributed by atoms with Crippen LogP contribution in [0.1, 0.15) is 27.2 Å². The lowest BCUT2D eigenvalue weighted by molar-refractivity contribution is 0.344. The summed E-state index contributed by atoms with van der Waals surface area (Å²) in [6, 6.07) is 0. The van der Waals surface area contributed by atoms with Gasteiger partial charge >= 0.3 is 0 Å². The molecule has 2 aliphatic carbocycles. The number of fused-ring (bicyclic) bond motifs is 1. The average molecular weight is 305 g/mol. The fraction of sp³-hybridized carbons (Fsp3) is 0.778.